The average molecular weight is 389 g/mol. The molecule has 150 valence electrons. The summed E-state index contributed by atoms with van der Waals surface area (Å²) in [6, 6.07) is 17.6. The Labute approximate surface area is 171 Å². The SMILES string of the molecule is O=C(CCCN1CCN(C(=O)Cc2c[nH]c3ccccc23)CC1)c1ccccc1. The van der Waals surface area contributed by atoms with Crippen molar-refractivity contribution in [2.75, 3.05) is 32.7 Å². The van der Waals surface area contributed by atoms with Crippen molar-refractivity contribution < 1.29 is 9.59 Å². The second-order valence-corrected chi connectivity index (χ2v) is 7.65. The van der Waals surface area contributed by atoms with Gasteiger partial charge < -0.3 is 9.88 Å². The third-order valence-electron chi connectivity index (χ3n) is 5.72. The number of H-pyrrole nitrogens is 1. The van der Waals surface area contributed by atoms with Crippen molar-refractivity contribution in [2.45, 2.75) is 19.3 Å². The summed E-state index contributed by atoms with van der Waals surface area (Å²) in [5.41, 5.74) is 2.93. The van der Waals surface area contributed by atoms with Gasteiger partial charge in [0.1, 0.15) is 0 Å². The number of nitrogens with zero attached hydrogens (tertiary/aromatic N) is 2. The van der Waals surface area contributed by atoms with Crippen molar-refractivity contribution in [1.82, 2.24) is 14.8 Å². The monoisotopic (exact) mass is 389 g/mol. The number of fused-ring (bicyclic) bond motifs is 1. The Bertz CT molecular complexity index is 972. The molecule has 0 unspecified atom stereocenters. The van der Waals surface area contributed by atoms with E-state index in [1.165, 1.54) is 0 Å². The van der Waals surface area contributed by atoms with Crippen LogP contribution in [0.25, 0.3) is 10.9 Å². The summed E-state index contributed by atoms with van der Waals surface area (Å²) in [4.78, 5) is 32.5. The van der Waals surface area contributed by atoms with Crippen LogP contribution in [0.15, 0.2) is 60.8 Å². The van der Waals surface area contributed by atoms with Gasteiger partial charge in [-0.05, 0) is 24.6 Å². The molecule has 1 aliphatic heterocycles. The number of rotatable bonds is 7. The number of ketones is 1. The predicted molar refractivity (Wildman–Crippen MR) is 115 cm³/mol. The molecule has 1 fully saturated rings. The minimum absolute atomic E-state index is 0.189. The molecule has 5 heteroatoms. The number of carbonyl (C=O) groups excluding carboxylic acids is 2. The standard InChI is InChI=1S/C24H27N3O2/c28-23(19-7-2-1-3-8-19)11-6-12-26-13-15-27(16-14-26)24(29)17-20-18-25-22-10-5-4-9-21(20)22/h1-5,7-10,18,25H,6,11-17H2. The third-order valence-corrected chi connectivity index (χ3v) is 5.72. The highest BCUT2D eigenvalue weighted by Crippen LogP contribution is 2.19. The smallest absolute Gasteiger partial charge is 0.227 e. The van der Waals surface area contributed by atoms with E-state index in [2.05, 4.69) is 16.0 Å². The van der Waals surface area contributed by atoms with E-state index in [0.29, 0.717) is 12.8 Å². The van der Waals surface area contributed by atoms with Gasteiger partial charge in [0.25, 0.3) is 0 Å². The van der Waals surface area contributed by atoms with Crippen LogP contribution in [-0.2, 0) is 11.2 Å². The highest BCUT2D eigenvalue weighted by Gasteiger charge is 2.22. The van der Waals surface area contributed by atoms with E-state index >= 15 is 0 Å². The quantitative estimate of drug-likeness (QED) is 0.629. The Morgan fingerprint density at radius 1 is 0.897 bits per heavy atom. The van der Waals surface area contributed by atoms with E-state index in [0.717, 1.165) is 61.2 Å². The Kier molecular flexibility index (Phi) is 6.06. The predicted octanol–water partition coefficient (Wildman–Crippen LogP) is 3.52. The molecular formula is C24H27N3O2. The molecule has 0 spiro atoms. The first-order chi connectivity index (χ1) is 14.2. The molecule has 1 N–H and O–H groups in total. The number of aromatic amines is 1. The van der Waals surface area contributed by atoms with Crippen LogP contribution in [0.4, 0.5) is 0 Å². The largest absolute Gasteiger partial charge is 0.361 e. The number of para-hydroxylation sites is 1. The van der Waals surface area contributed by atoms with Gasteiger partial charge in [-0.3, -0.25) is 14.5 Å². The van der Waals surface area contributed by atoms with Gasteiger partial charge >= 0.3 is 0 Å². The van der Waals surface area contributed by atoms with Crippen LogP contribution >= 0.6 is 0 Å². The molecule has 1 aromatic heterocycles. The molecule has 1 aliphatic rings. The number of hydrogen-bond acceptors (Lipinski definition) is 3. The van der Waals surface area contributed by atoms with Crippen LogP contribution in [0, 0.1) is 0 Å². The van der Waals surface area contributed by atoms with E-state index in [1.54, 1.807) is 0 Å². The summed E-state index contributed by atoms with van der Waals surface area (Å²) in [7, 11) is 0. The maximum Gasteiger partial charge on any atom is 0.227 e. The second kappa shape index (κ2) is 9.05. The van der Waals surface area contributed by atoms with E-state index in [1.807, 2.05) is 59.6 Å². The molecule has 4 rings (SSSR count). The van der Waals surface area contributed by atoms with Gasteiger partial charge in [-0.15, -0.1) is 0 Å². The van der Waals surface area contributed by atoms with Gasteiger partial charge in [0.15, 0.2) is 5.78 Å². The van der Waals surface area contributed by atoms with Gasteiger partial charge in [-0.2, -0.15) is 0 Å². The lowest BCUT2D eigenvalue weighted by atomic mass is 10.1. The van der Waals surface area contributed by atoms with Gasteiger partial charge in [0, 0.05) is 55.3 Å². The minimum atomic E-state index is 0.189. The maximum absolute atomic E-state index is 12.7. The molecule has 0 bridgehead atoms. The summed E-state index contributed by atoms with van der Waals surface area (Å²) in [6.45, 7) is 4.17. The Morgan fingerprint density at radius 3 is 2.41 bits per heavy atom. The molecule has 5 nitrogen and oxygen atoms in total. The fourth-order valence-corrected chi connectivity index (χ4v) is 4.01. The van der Waals surface area contributed by atoms with Crippen LogP contribution in [0.1, 0.15) is 28.8 Å². The third kappa shape index (κ3) is 4.74. The average Bonchev–Trinajstić information content (AvgIpc) is 3.17. The highest BCUT2D eigenvalue weighted by atomic mass is 16.2. The highest BCUT2D eigenvalue weighted by molar-refractivity contribution is 5.96. The van der Waals surface area contributed by atoms with Crippen molar-refractivity contribution in [3.63, 3.8) is 0 Å². The topological polar surface area (TPSA) is 56.4 Å². The van der Waals surface area contributed by atoms with Gasteiger partial charge in [-0.25, -0.2) is 0 Å². The number of Topliss-reactive ketones (excluding diaryl/α,β-unsaturated/α-hetero) is 1. The van der Waals surface area contributed by atoms with Crippen molar-refractivity contribution in [1.29, 1.82) is 0 Å². The first-order valence-electron chi connectivity index (χ1n) is 10.3. The summed E-state index contributed by atoms with van der Waals surface area (Å²) in [5.74, 6) is 0.395. The fraction of sp³-hybridized carbons (Fsp3) is 0.333. The summed E-state index contributed by atoms with van der Waals surface area (Å²) >= 11 is 0. The van der Waals surface area contributed by atoms with Crippen molar-refractivity contribution in [2.24, 2.45) is 0 Å². The molecule has 29 heavy (non-hydrogen) atoms. The molecule has 2 heterocycles. The summed E-state index contributed by atoms with van der Waals surface area (Å²) in [6.07, 6.45) is 3.82. The summed E-state index contributed by atoms with van der Waals surface area (Å²) < 4.78 is 0. The molecular weight excluding hydrogens is 362 g/mol. The molecule has 2 aromatic carbocycles. The number of amides is 1. The Hall–Kier alpha value is -2.92. The number of aromatic nitrogens is 1. The minimum Gasteiger partial charge on any atom is -0.361 e. The lowest BCUT2D eigenvalue weighted by Gasteiger charge is -2.34. The number of benzene rings is 2. The van der Waals surface area contributed by atoms with E-state index < -0.39 is 0 Å². The van der Waals surface area contributed by atoms with Crippen LogP contribution in [-0.4, -0.2) is 59.2 Å². The number of carbonyl (C=O) groups is 2. The van der Waals surface area contributed by atoms with Crippen LogP contribution < -0.4 is 0 Å². The fourth-order valence-electron chi connectivity index (χ4n) is 4.01. The van der Waals surface area contributed by atoms with Crippen LogP contribution in [0.5, 0.6) is 0 Å². The first-order valence-corrected chi connectivity index (χ1v) is 10.3. The molecule has 1 amide bonds. The lowest BCUT2D eigenvalue weighted by molar-refractivity contribution is -0.132. The van der Waals surface area contributed by atoms with Crippen molar-refractivity contribution in [3.8, 4) is 0 Å². The number of hydrogen-bond donors (Lipinski definition) is 1. The van der Waals surface area contributed by atoms with E-state index in [9.17, 15) is 9.59 Å². The molecule has 3 aromatic rings. The van der Waals surface area contributed by atoms with Gasteiger partial charge in [0.05, 0.1) is 6.42 Å². The number of nitrogens with one attached hydrogen (secondary N) is 1. The van der Waals surface area contributed by atoms with E-state index in [4.69, 9.17) is 0 Å². The zero-order chi connectivity index (χ0) is 20.1. The van der Waals surface area contributed by atoms with Crippen molar-refractivity contribution in [3.05, 3.63) is 71.9 Å². The Morgan fingerprint density at radius 2 is 1.62 bits per heavy atom. The second-order valence-electron chi connectivity index (χ2n) is 7.65. The van der Waals surface area contributed by atoms with Gasteiger partial charge in [-0.1, -0.05) is 48.5 Å². The molecule has 0 saturated carbocycles. The maximum atomic E-state index is 12.7. The molecule has 1 saturated heterocycles. The summed E-state index contributed by atoms with van der Waals surface area (Å²) in [5, 5.41) is 1.13. The van der Waals surface area contributed by atoms with Gasteiger partial charge in [0.2, 0.25) is 5.91 Å². The molecule has 0 atom stereocenters. The zero-order valence-corrected chi connectivity index (χ0v) is 16.6. The van der Waals surface area contributed by atoms with E-state index in [-0.39, 0.29) is 11.7 Å². The lowest BCUT2D eigenvalue weighted by Crippen LogP contribution is -2.49. The zero-order valence-electron chi connectivity index (χ0n) is 16.6. The van der Waals surface area contributed by atoms with Crippen LogP contribution in [0.3, 0.4) is 0 Å². The molecule has 0 aliphatic carbocycles. The van der Waals surface area contributed by atoms with Crippen LogP contribution in [0.2, 0.25) is 0 Å². The normalized spacial score (nSPS) is 15.0. The molecule has 0 radical (unpaired) electrons. The Balaban J connectivity index is 1.21. The number of piperazine rings is 1. The first kappa shape index (κ1) is 19.4. The van der Waals surface area contributed by atoms with Crippen molar-refractivity contribution >= 4 is 22.6 Å².